The van der Waals surface area contributed by atoms with Gasteiger partial charge in [0.2, 0.25) is 0 Å². The molecule has 6 aliphatic rings. The SMILES string of the molecule is Cc1cccc(N(c2ccc3c(c2)C2(c4ccccc4-c4ccccc42)c2ccccc2-3)c2ccc3c(c2)C2(c4ccccc4-c4ccccc42)c2cc(N(c4cccc(C)c4)c4ccc5c(c4)C4(c6ccccc6-c6ccccc64)c4ccccc4-5)ccc2-3)c1. The molecule has 6 aliphatic carbocycles. The number of hydrogen-bond donors (Lipinski definition) is 0. The zero-order chi connectivity index (χ0) is 59.9. The fourth-order valence-corrected chi connectivity index (χ4v) is 18.3. The summed E-state index contributed by atoms with van der Waals surface area (Å²) in [6.45, 7) is 4.43. The van der Waals surface area contributed by atoms with Gasteiger partial charge in [-0.15, -0.1) is 0 Å². The maximum atomic E-state index is 2.56. The summed E-state index contributed by atoms with van der Waals surface area (Å²) in [6.07, 6.45) is 0. The molecule has 0 fully saturated rings. The predicted molar refractivity (Wildman–Crippen MR) is 374 cm³/mol. The first-order valence-electron chi connectivity index (χ1n) is 32.1. The second-order valence-corrected chi connectivity index (χ2v) is 25.9. The van der Waals surface area contributed by atoms with Gasteiger partial charge in [-0.1, -0.05) is 243 Å². The highest BCUT2D eigenvalue weighted by atomic mass is 15.1. The first kappa shape index (κ1) is 50.7. The van der Waals surface area contributed by atoms with Crippen molar-refractivity contribution in [2.24, 2.45) is 0 Å². The van der Waals surface area contributed by atoms with Crippen LogP contribution < -0.4 is 9.80 Å². The molecule has 0 saturated carbocycles. The zero-order valence-electron chi connectivity index (χ0n) is 50.4. The molecule has 0 saturated heterocycles. The van der Waals surface area contributed by atoms with Crippen LogP contribution in [-0.4, -0.2) is 0 Å². The van der Waals surface area contributed by atoms with Gasteiger partial charge in [0.1, 0.15) is 0 Å². The van der Waals surface area contributed by atoms with E-state index < -0.39 is 16.2 Å². The van der Waals surface area contributed by atoms with E-state index in [-0.39, 0.29) is 0 Å². The summed E-state index contributed by atoms with van der Waals surface area (Å²) in [5.41, 5.74) is 38.8. The maximum Gasteiger partial charge on any atom is 0.0727 e. The van der Waals surface area contributed by atoms with Crippen molar-refractivity contribution >= 4 is 34.1 Å². The molecule has 0 amide bonds. The summed E-state index contributed by atoms with van der Waals surface area (Å²) in [4.78, 5) is 5.07. The molecule has 14 aromatic carbocycles. The van der Waals surface area contributed by atoms with Crippen LogP contribution in [0.15, 0.2) is 315 Å². The summed E-state index contributed by atoms with van der Waals surface area (Å²) in [6, 6.07) is 121. The summed E-state index contributed by atoms with van der Waals surface area (Å²) in [5.74, 6) is 0. The van der Waals surface area contributed by atoms with Crippen LogP contribution in [0.5, 0.6) is 0 Å². The lowest BCUT2D eigenvalue weighted by Gasteiger charge is -2.34. The average Bonchev–Trinajstić information content (AvgIpc) is 1.53. The van der Waals surface area contributed by atoms with E-state index in [1.807, 2.05) is 0 Å². The van der Waals surface area contributed by atoms with Crippen LogP contribution in [0.3, 0.4) is 0 Å². The summed E-state index contributed by atoms with van der Waals surface area (Å²) in [7, 11) is 0. The lowest BCUT2D eigenvalue weighted by molar-refractivity contribution is 0.792. The molecule has 0 aliphatic heterocycles. The molecular weight excluding hydrogens is 1100 g/mol. The second-order valence-electron chi connectivity index (χ2n) is 25.9. The van der Waals surface area contributed by atoms with Gasteiger partial charge in [-0.25, -0.2) is 0 Å². The maximum absolute atomic E-state index is 2.56. The van der Waals surface area contributed by atoms with Crippen molar-refractivity contribution in [2.75, 3.05) is 9.80 Å². The van der Waals surface area contributed by atoms with Crippen LogP contribution in [0.2, 0.25) is 0 Å². The molecule has 0 aromatic heterocycles. The van der Waals surface area contributed by atoms with E-state index in [1.54, 1.807) is 0 Å². The van der Waals surface area contributed by atoms with Crippen LogP contribution in [0.25, 0.3) is 66.8 Å². The molecule has 14 aromatic rings. The van der Waals surface area contributed by atoms with Gasteiger partial charge in [0, 0.05) is 34.1 Å². The van der Waals surface area contributed by atoms with Crippen LogP contribution in [0, 0.1) is 13.8 Å². The molecule has 91 heavy (non-hydrogen) atoms. The smallest absolute Gasteiger partial charge is 0.0727 e. The standard InChI is InChI=1S/C89H58N2/c1-55-21-19-23-57(49-55)90(59-41-45-71-69-31-9-15-37-79(69)87(83(71)51-59)75-33-11-3-25-63(75)64-26-4-12-34-76(64)87)61-43-47-73-74-48-44-62(54-86(74)89(85(73)53-61)81-39-17-7-29-67(81)68-30-8-18-40-82(68)89)91(58-24-20-22-56(2)50-58)60-42-46-72-70-32-10-16-38-80(70)88(84(72)52-60)77-35-13-5-27-65(77)66-28-6-14-36-78(66)88/h3-54H,1-2H3. The number of hydrogen-bond acceptors (Lipinski definition) is 2. The fraction of sp³-hybridized carbons (Fsp3) is 0.0562. The number of aryl methyl sites for hydroxylation is 2. The molecular formula is C89H58N2. The largest absolute Gasteiger partial charge is 0.310 e. The summed E-state index contributed by atoms with van der Waals surface area (Å²) in [5, 5.41) is 0. The normalized spacial score (nSPS) is 14.5. The lowest BCUT2D eigenvalue weighted by atomic mass is 9.70. The van der Waals surface area contributed by atoms with Crippen molar-refractivity contribution in [2.45, 2.75) is 30.1 Å². The third kappa shape index (κ3) is 6.41. The van der Waals surface area contributed by atoms with E-state index in [4.69, 9.17) is 0 Å². The van der Waals surface area contributed by atoms with Crippen LogP contribution in [0.1, 0.15) is 77.9 Å². The molecule has 0 atom stereocenters. The minimum Gasteiger partial charge on any atom is -0.310 e. The second kappa shape index (κ2) is 18.4. The minimum absolute atomic E-state index is 0.488. The molecule has 2 heteroatoms. The van der Waals surface area contributed by atoms with Crippen molar-refractivity contribution in [3.8, 4) is 66.8 Å². The first-order chi connectivity index (χ1) is 44.9. The zero-order valence-corrected chi connectivity index (χ0v) is 50.4. The lowest BCUT2D eigenvalue weighted by Crippen LogP contribution is -2.27. The molecule has 0 N–H and O–H groups in total. The molecule has 0 bridgehead atoms. The summed E-state index contributed by atoms with van der Waals surface area (Å²) < 4.78 is 0. The Labute approximate surface area is 530 Å². The van der Waals surface area contributed by atoms with E-state index in [1.165, 1.54) is 145 Å². The Morgan fingerprint density at radius 1 is 0.165 bits per heavy atom. The van der Waals surface area contributed by atoms with Gasteiger partial charge in [0.25, 0.3) is 0 Å². The number of fused-ring (bicyclic) bond motifs is 30. The van der Waals surface area contributed by atoms with Crippen molar-refractivity contribution in [1.29, 1.82) is 0 Å². The minimum atomic E-state index is -0.664. The Kier molecular flexibility index (Phi) is 10.2. The number of rotatable bonds is 6. The predicted octanol–water partition coefficient (Wildman–Crippen LogP) is 22.3. The average molecular weight is 1160 g/mol. The van der Waals surface area contributed by atoms with Crippen molar-refractivity contribution in [3.63, 3.8) is 0 Å². The molecule has 2 nitrogen and oxygen atoms in total. The van der Waals surface area contributed by atoms with E-state index in [0.29, 0.717) is 0 Å². The Hall–Kier alpha value is -11.3. The van der Waals surface area contributed by atoms with Crippen molar-refractivity contribution < 1.29 is 0 Å². The number of benzene rings is 14. The van der Waals surface area contributed by atoms with Crippen molar-refractivity contribution in [3.05, 3.63) is 393 Å². The van der Waals surface area contributed by atoms with Gasteiger partial charge in [-0.05, 0) is 231 Å². The Balaban J connectivity index is 0.808. The first-order valence-corrected chi connectivity index (χ1v) is 32.1. The number of anilines is 6. The van der Waals surface area contributed by atoms with Crippen LogP contribution in [0.4, 0.5) is 34.1 Å². The summed E-state index contributed by atoms with van der Waals surface area (Å²) >= 11 is 0. The quantitative estimate of drug-likeness (QED) is 0.164. The topological polar surface area (TPSA) is 6.48 Å². The Morgan fingerprint density at radius 2 is 0.352 bits per heavy atom. The monoisotopic (exact) mass is 1150 g/mol. The third-order valence-corrected chi connectivity index (χ3v) is 21.6. The third-order valence-electron chi connectivity index (χ3n) is 21.6. The van der Waals surface area contributed by atoms with Crippen LogP contribution in [-0.2, 0) is 16.2 Å². The molecule has 0 radical (unpaired) electrons. The van der Waals surface area contributed by atoms with Crippen molar-refractivity contribution in [1.82, 2.24) is 0 Å². The fourth-order valence-electron chi connectivity index (χ4n) is 18.3. The highest BCUT2D eigenvalue weighted by molar-refractivity contribution is 6.01. The van der Waals surface area contributed by atoms with E-state index in [0.717, 1.165) is 34.1 Å². The van der Waals surface area contributed by atoms with Gasteiger partial charge in [0.05, 0.1) is 16.2 Å². The number of nitrogens with zero attached hydrogens (tertiary/aromatic N) is 2. The van der Waals surface area contributed by atoms with Gasteiger partial charge in [0.15, 0.2) is 0 Å². The van der Waals surface area contributed by atoms with E-state index in [2.05, 4.69) is 339 Å². The van der Waals surface area contributed by atoms with Gasteiger partial charge >= 0.3 is 0 Å². The Morgan fingerprint density at radius 3 is 0.571 bits per heavy atom. The highest BCUT2D eigenvalue weighted by Crippen LogP contribution is 2.68. The van der Waals surface area contributed by atoms with Gasteiger partial charge in [-0.3, -0.25) is 0 Å². The van der Waals surface area contributed by atoms with Gasteiger partial charge < -0.3 is 9.80 Å². The van der Waals surface area contributed by atoms with Gasteiger partial charge in [-0.2, -0.15) is 0 Å². The van der Waals surface area contributed by atoms with E-state index in [9.17, 15) is 0 Å². The van der Waals surface area contributed by atoms with E-state index >= 15 is 0 Å². The van der Waals surface area contributed by atoms with Crippen LogP contribution >= 0.6 is 0 Å². The molecule has 0 heterocycles. The molecule has 424 valence electrons. The molecule has 20 rings (SSSR count). The highest BCUT2D eigenvalue weighted by Gasteiger charge is 2.55. The molecule has 0 unspecified atom stereocenters. The molecule has 3 spiro atoms. The Bertz CT molecular complexity index is 5040.